The van der Waals surface area contributed by atoms with Gasteiger partial charge in [-0.15, -0.1) is 0 Å². The quantitative estimate of drug-likeness (QED) is 0.895. The smallest absolute Gasteiger partial charge is 0.226 e. The van der Waals surface area contributed by atoms with Gasteiger partial charge in [-0.3, -0.25) is 4.79 Å². The lowest BCUT2D eigenvalue weighted by Gasteiger charge is -2.44. The minimum atomic E-state index is -0.343. The molecule has 0 aliphatic heterocycles. The second kappa shape index (κ2) is 4.70. The molecule has 0 radical (unpaired) electrons. The van der Waals surface area contributed by atoms with Gasteiger partial charge < -0.3 is 5.32 Å². The third-order valence-electron chi connectivity index (χ3n) is 5.76. The summed E-state index contributed by atoms with van der Waals surface area (Å²) in [5.41, 5.74) is 5.04. The van der Waals surface area contributed by atoms with Crippen LogP contribution in [0.25, 0.3) is 0 Å². The van der Waals surface area contributed by atoms with E-state index in [4.69, 9.17) is 0 Å². The molecule has 1 N–H and O–H groups in total. The summed E-state index contributed by atoms with van der Waals surface area (Å²) in [6.07, 6.45) is 1.76. The number of amides is 1. The monoisotopic (exact) mass is 291 g/mol. The first-order valence-electron chi connectivity index (χ1n) is 8.12. The van der Waals surface area contributed by atoms with Gasteiger partial charge >= 0.3 is 0 Å². The van der Waals surface area contributed by atoms with Crippen LogP contribution in [0.4, 0.5) is 0 Å². The van der Waals surface area contributed by atoms with Gasteiger partial charge in [0.25, 0.3) is 0 Å². The lowest BCUT2D eigenvalue weighted by atomic mass is 9.58. The molecule has 3 aliphatic carbocycles. The molecule has 1 amide bonds. The molecule has 0 saturated carbocycles. The zero-order valence-corrected chi connectivity index (χ0v) is 13.1. The van der Waals surface area contributed by atoms with Crippen molar-refractivity contribution >= 4 is 5.91 Å². The van der Waals surface area contributed by atoms with Gasteiger partial charge in [-0.05, 0) is 35.1 Å². The summed E-state index contributed by atoms with van der Waals surface area (Å²) in [5, 5.41) is 2.94. The fourth-order valence-electron chi connectivity index (χ4n) is 4.71. The largest absolute Gasteiger partial charge is 0.359 e. The molecule has 5 rings (SSSR count). The van der Waals surface area contributed by atoms with Gasteiger partial charge in [0.05, 0.1) is 5.41 Å². The molecule has 3 atom stereocenters. The Hall–Kier alpha value is -2.09. The molecular formula is C20H21NO. The molecule has 0 aromatic heterocycles. The van der Waals surface area contributed by atoms with Crippen molar-refractivity contribution in [2.24, 2.45) is 5.41 Å². The van der Waals surface area contributed by atoms with Crippen molar-refractivity contribution in [3.63, 3.8) is 0 Å². The minimum Gasteiger partial charge on any atom is -0.359 e. The average molecular weight is 291 g/mol. The van der Waals surface area contributed by atoms with E-state index in [0.717, 1.165) is 12.8 Å². The van der Waals surface area contributed by atoms with E-state index in [-0.39, 0.29) is 17.2 Å². The fourth-order valence-corrected chi connectivity index (χ4v) is 4.71. The summed E-state index contributed by atoms with van der Waals surface area (Å²) in [6.45, 7) is 2.15. The van der Waals surface area contributed by atoms with E-state index >= 15 is 0 Å². The molecule has 2 heteroatoms. The number of benzene rings is 2. The zero-order chi connectivity index (χ0) is 15.3. The van der Waals surface area contributed by atoms with Gasteiger partial charge in [0, 0.05) is 18.9 Å². The van der Waals surface area contributed by atoms with Gasteiger partial charge in [0.2, 0.25) is 5.91 Å². The van der Waals surface area contributed by atoms with Crippen LogP contribution in [0, 0.1) is 5.41 Å². The molecule has 2 nitrogen and oxygen atoms in total. The van der Waals surface area contributed by atoms with Gasteiger partial charge in [0.1, 0.15) is 0 Å². The number of carbonyl (C=O) groups is 1. The van der Waals surface area contributed by atoms with Crippen LogP contribution in [0.1, 0.15) is 53.9 Å². The summed E-state index contributed by atoms with van der Waals surface area (Å²) in [4.78, 5) is 12.9. The number of hydrogen-bond donors (Lipinski definition) is 1. The summed E-state index contributed by atoms with van der Waals surface area (Å²) in [6, 6.07) is 17.5. The molecule has 3 aliphatic rings. The van der Waals surface area contributed by atoms with Gasteiger partial charge in [-0.2, -0.15) is 0 Å². The Balaban J connectivity index is 2.05. The van der Waals surface area contributed by atoms with Crippen molar-refractivity contribution in [2.75, 3.05) is 7.05 Å². The third kappa shape index (κ3) is 1.58. The molecule has 0 heterocycles. The van der Waals surface area contributed by atoms with Gasteiger partial charge in [-0.1, -0.05) is 55.5 Å². The van der Waals surface area contributed by atoms with E-state index in [1.807, 2.05) is 0 Å². The standard InChI is InChI=1S/C20H21NO/c1-3-20(19(22)21-2)12-17-13-7-6-8-14(11-13)18(20)16-10-5-4-9-15(16)17/h4-11,17-18H,3,12H2,1-2H3,(H,21,22). The predicted octanol–water partition coefficient (Wildman–Crippen LogP) is 3.81. The first-order chi connectivity index (χ1) is 10.7. The van der Waals surface area contributed by atoms with Crippen molar-refractivity contribution in [1.82, 2.24) is 5.32 Å². The molecule has 2 aromatic rings. The van der Waals surface area contributed by atoms with E-state index in [1.165, 1.54) is 22.3 Å². The second-order valence-electron chi connectivity index (χ2n) is 6.58. The molecule has 3 unspecified atom stereocenters. The molecule has 0 saturated heterocycles. The minimum absolute atomic E-state index is 0.160. The molecule has 4 bridgehead atoms. The SMILES string of the molecule is CCC1(C(=O)NC)CC2c3cccc(c3)C1c1ccccc12. The summed E-state index contributed by atoms with van der Waals surface area (Å²) < 4.78 is 0. The summed E-state index contributed by atoms with van der Waals surface area (Å²) in [5.74, 6) is 0.668. The maximum absolute atomic E-state index is 12.9. The van der Waals surface area contributed by atoms with Gasteiger partial charge in [-0.25, -0.2) is 0 Å². The third-order valence-corrected chi connectivity index (χ3v) is 5.76. The normalized spacial score (nSPS) is 27.9. The Morgan fingerprint density at radius 1 is 1.14 bits per heavy atom. The van der Waals surface area contributed by atoms with E-state index in [1.54, 1.807) is 7.05 Å². The van der Waals surface area contributed by atoms with Crippen molar-refractivity contribution in [1.29, 1.82) is 0 Å². The number of hydrogen-bond acceptors (Lipinski definition) is 1. The Kier molecular flexibility index (Phi) is 2.90. The predicted molar refractivity (Wildman–Crippen MR) is 88.0 cm³/mol. The maximum atomic E-state index is 12.9. The molecular weight excluding hydrogens is 270 g/mol. The highest BCUT2D eigenvalue weighted by atomic mass is 16.2. The Morgan fingerprint density at radius 2 is 1.86 bits per heavy atom. The highest BCUT2D eigenvalue weighted by Gasteiger charge is 2.52. The Morgan fingerprint density at radius 3 is 2.59 bits per heavy atom. The highest BCUT2D eigenvalue weighted by Crippen LogP contribution is 2.59. The lowest BCUT2D eigenvalue weighted by Crippen LogP contribution is -2.46. The van der Waals surface area contributed by atoms with Crippen molar-refractivity contribution in [3.05, 3.63) is 70.8 Å². The molecule has 112 valence electrons. The summed E-state index contributed by atoms with van der Waals surface area (Å²) in [7, 11) is 1.76. The van der Waals surface area contributed by atoms with Crippen LogP contribution in [-0.2, 0) is 4.79 Å². The number of rotatable bonds is 2. The number of fused-ring (bicyclic) bond motifs is 1. The van der Waals surface area contributed by atoms with E-state index in [0.29, 0.717) is 5.92 Å². The van der Waals surface area contributed by atoms with Crippen molar-refractivity contribution in [2.45, 2.75) is 31.6 Å². The Bertz CT molecular complexity index is 751. The molecule has 22 heavy (non-hydrogen) atoms. The van der Waals surface area contributed by atoms with Crippen LogP contribution < -0.4 is 5.32 Å². The zero-order valence-electron chi connectivity index (χ0n) is 13.1. The lowest BCUT2D eigenvalue weighted by molar-refractivity contribution is -0.132. The fraction of sp³-hybridized carbons (Fsp3) is 0.350. The van der Waals surface area contributed by atoms with Gasteiger partial charge in [0.15, 0.2) is 0 Å². The van der Waals surface area contributed by atoms with Crippen LogP contribution in [-0.4, -0.2) is 13.0 Å². The van der Waals surface area contributed by atoms with E-state index < -0.39 is 0 Å². The molecule has 2 aromatic carbocycles. The number of nitrogens with one attached hydrogen (secondary N) is 1. The van der Waals surface area contributed by atoms with Crippen molar-refractivity contribution in [3.8, 4) is 0 Å². The van der Waals surface area contributed by atoms with E-state index in [2.05, 4.69) is 60.8 Å². The van der Waals surface area contributed by atoms with E-state index in [9.17, 15) is 4.79 Å². The van der Waals surface area contributed by atoms with Crippen LogP contribution in [0.5, 0.6) is 0 Å². The van der Waals surface area contributed by atoms with Crippen molar-refractivity contribution < 1.29 is 4.79 Å². The first-order valence-corrected chi connectivity index (χ1v) is 8.12. The van der Waals surface area contributed by atoms with Crippen LogP contribution in [0.15, 0.2) is 48.5 Å². The van der Waals surface area contributed by atoms with Crippen LogP contribution in [0.3, 0.4) is 0 Å². The molecule has 0 spiro atoms. The first kappa shape index (κ1) is 13.6. The number of carbonyl (C=O) groups excluding carboxylic acids is 1. The average Bonchev–Trinajstić information content (AvgIpc) is 2.73. The topological polar surface area (TPSA) is 29.1 Å². The van der Waals surface area contributed by atoms with Crippen LogP contribution >= 0.6 is 0 Å². The maximum Gasteiger partial charge on any atom is 0.226 e. The Labute approximate surface area is 131 Å². The second-order valence-corrected chi connectivity index (χ2v) is 6.58. The van der Waals surface area contributed by atoms with Crippen LogP contribution in [0.2, 0.25) is 0 Å². The molecule has 0 fully saturated rings. The summed E-state index contributed by atoms with van der Waals surface area (Å²) >= 11 is 0. The highest BCUT2D eigenvalue weighted by molar-refractivity contribution is 5.85.